The number of likely N-dealkylation sites (N-methyl/N-ethyl adjacent to an activating group) is 2. The summed E-state index contributed by atoms with van der Waals surface area (Å²) in [6.07, 6.45) is 10.2. The number of hydrogen-bond acceptors (Lipinski definition) is 8. The van der Waals surface area contributed by atoms with E-state index in [0.717, 1.165) is 117 Å². The number of unbranched alkanes of at least 4 members (excludes halogenated alkanes) is 3. The maximum absolute atomic E-state index is 14.3. The zero-order valence-electron chi connectivity index (χ0n) is 41.4. The number of likely N-dealkylation sites (tertiary alicyclic amines) is 2. The van der Waals surface area contributed by atoms with Gasteiger partial charge >= 0.3 is 0 Å². The Morgan fingerprint density at radius 2 is 0.938 bits per heavy atom. The molecule has 2 heterocycles. The monoisotopic (exact) mass is 887 g/mol. The van der Waals surface area contributed by atoms with Crippen LogP contribution in [0.1, 0.15) is 118 Å². The van der Waals surface area contributed by atoms with Crippen molar-refractivity contribution in [3.63, 3.8) is 0 Å². The van der Waals surface area contributed by atoms with Crippen LogP contribution in [-0.4, -0.2) is 146 Å². The molecule has 2 aliphatic heterocycles. The lowest BCUT2D eigenvalue weighted by molar-refractivity contribution is -0.141. The van der Waals surface area contributed by atoms with E-state index in [0.29, 0.717) is 0 Å². The minimum Gasteiger partial charge on any atom is -0.342 e. The highest BCUT2D eigenvalue weighted by Gasteiger charge is 2.42. The smallest absolute Gasteiger partial charge is 0.245 e. The van der Waals surface area contributed by atoms with Gasteiger partial charge in [-0.1, -0.05) is 115 Å². The lowest BCUT2D eigenvalue weighted by atomic mass is 9.85. The van der Waals surface area contributed by atoms with Crippen LogP contribution >= 0.6 is 0 Å². The zero-order chi connectivity index (χ0) is 46.9. The van der Waals surface area contributed by atoms with Gasteiger partial charge in [-0.15, -0.1) is 0 Å². The summed E-state index contributed by atoms with van der Waals surface area (Å²) in [5.41, 5.74) is 1.79. The number of carbonyl (C=O) groups is 4. The van der Waals surface area contributed by atoms with Crippen LogP contribution in [0.15, 0.2) is 60.7 Å². The summed E-state index contributed by atoms with van der Waals surface area (Å²) in [6.45, 7) is 22.7. The molecule has 0 bridgehead atoms. The van der Waals surface area contributed by atoms with Crippen LogP contribution in [0.4, 0.5) is 0 Å². The molecule has 0 aliphatic carbocycles. The molecule has 0 radical (unpaired) electrons. The second kappa shape index (κ2) is 25.7. The van der Waals surface area contributed by atoms with Crippen molar-refractivity contribution in [2.24, 2.45) is 10.8 Å². The number of benzene rings is 2. The van der Waals surface area contributed by atoms with Crippen LogP contribution in [-0.2, 0) is 32.0 Å². The van der Waals surface area contributed by atoms with Crippen LogP contribution in [0.25, 0.3) is 0 Å². The van der Waals surface area contributed by atoms with Crippen LogP contribution in [0, 0.1) is 10.8 Å². The van der Waals surface area contributed by atoms with Gasteiger partial charge in [0.15, 0.2) is 0 Å². The summed E-state index contributed by atoms with van der Waals surface area (Å²) in [5.74, 6) is -0.261. The van der Waals surface area contributed by atoms with E-state index >= 15 is 0 Å². The van der Waals surface area contributed by atoms with Gasteiger partial charge in [0.05, 0.1) is 12.1 Å². The highest BCUT2D eigenvalue weighted by atomic mass is 16.2. The van der Waals surface area contributed by atoms with E-state index in [2.05, 4.69) is 102 Å². The predicted octanol–water partition coefficient (Wildman–Crippen LogP) is 5.90. The van der Waals surface area contributed by atoms with Crippen LogP contribution in [0.3, 0.4) is 0 Å². The summed E-state index contributed by atoms with van der Waals surface area (Å²) < 4.78 is 0. The van der Waals surface area contributed by atoms with Crippen molar-refractivity contribution >= 4 is 23.6 Å². The Kier molecular flexibility index (Phi) is 21.2. The molecule has 2 aliphatic rings. The molecule has 2 aromatic carbocycles. The molecule has 0 aromatic heterocycles. The van der Waals surface area contributed by atoms with Crippen LogP contribution < -0.4 is 21.3 Å². The van der Waals surface area contributed by atoms with Gasteiger partial charge in [-0.25, -0.2) is 0 Å². The maximum Gasteiger partial charge on any atom is 0.245 e. The summed E-state index contributed by atoms with van der Waals surface area (Å²) in [4.78, 5) is 63.8. The Morgan fingerprint density at radius 3 is 1.27 bits per heavy atom. The van der Waals surface area contributed by atoms with Crippen molar-refractivity contribution in [2.45, 2.75) is 156 Å². The van der Waals surface area contributed by atoms with E-state index in [1.165, 1.54) is 11.1 Å². The van der Waals surface area contributed by atoms with Crippen molar-refractivity contribution in [3.05, 3.63) is 71.8 Å². The standard InChI is InChI=1S/C52H86N8O4/c1-39(53-9)47(61)55-45(51(3,4)5)49(63)59-33-21-27-43(59)37-57(35-29-41-23-15-13-16-24-41)31-19-11-12-20-32-58(36-30-42-25-17-14-18-26-42)38-44-28-22-34-60(44)50(64)46(52(6,7)8)56-48(62)40(2)54-10/h13-18,23-26,39-40,43-46,53-54H,11-12,19-22,27-38H2,1-10H3,(H,55,61)(H,56,62)/t39-,40-,43-,44-,45+,46+/m0/s1. The van der Waals surface area contributed by atoms with Gasteiger partial charge in [0.25, 0.3) is 0 Å². The fraction of sp³-hybridized carbons (Fsp3) is 0.692. The number of rotatable bonds is 25. The van der Waals surface area contributed by atoms with Gasteiger partial charge in [-0.2, -0.15) is 0 Å². The molecular weight excluding hydrogens is 801 g/mol. The second-order valence-electron chi connectivity index (χ2n) is 20.8. The van der Waals surface area contributed by atoms with E-state index in [1.54, 1.807) is 14.1 Å². The third-order valence-corrected chi connectivity index (χ3v) is 13.5. The normalized spacial score (nSPS) is 18.9. The Balaban J connectivity index is 1.38. The predicted molar refractivity (Wildman–Crippen MR) is 261 cm³/mol. The third kappa shape index (κ3) is 16.5. The summed E-state index contributed by atoms with van der Waals surface area (Å²) in [7, 11) is 3.52. The van der Waals surface area contributed by atoms with Gasteiger partial charge in [0, 0.05) is 51.4 Å². The first-order valence-electron chi connectivity index (χ1n) is 24.5. The number of carbonyl (C=O) groups excluding carboxylic acids is 4. The van der Waals surface area contributed by atoms with Crippen molar-refractivity contribution < 1.29 is 19.2 Å². The number of nitrogens with zero attached hydrogens (tertiary/aromatic N) is 4. The van der Waals surface area contributed by atoms with E-state index in [9.17, 15) is 19.2 Å². The summed E-state index contributed by atoms with van der Waals surface area (Å²) in [6, 6.07) is 19.6. The molecule has 4 amide bonds. The molecule has 4 N–H and O–H groups in total. The fourth-order valence-corrected chi connectivity index (χ4v) is 9.13. The molecule has 2 aromatic rings. The second-order valence-corrected chi connectivity index (χ2v) is 20.8. The highest BCUT2D eigenvalue weighted by Crippen LogP contribution is 2.28. The molecule has 64 heavy (non-hydrogen) atoms. The Hall–Kier alpha value is -3.84. The lowest BCUT2D eigenvalue weighted by Crippen LogP contribution is -2.59. The molecule has 2 fully saturated rings. The first-order chi connectivity index (χ1) is 30.4. The molecule has 6 atom stereocenters. The van der Waals surface area contributed by atoms with Crippen LogP contribution in [0.5, 0.6) is 0 Å². The molecule has 0 unspecified atom stereocenters. The molecule has 0 spiro atoms. The number of nitrogens with one attached hydrogen (secondary N) is 4. The summed E-state index contributed by atoms with van der Waals surface area (Å²) in [5, 5.41) is 12.2. The molecule has 2 saturated heterocycles. The fourth-order valence-electron chi connectivity index (χ4n) is 9.13. The van der Waals surface area contributed by atoms with E-state index in [1.807, 2.05) is 55.4 Å². The van der Waals surface area contributed by atoms with Crippen molar-refractivity contribution in [3.8, 4) is 0 Å². The third-order valence-electron chi connectivity index (χ3n) is 13.5. The Labute approximate surface area is 387 Å². The van der Waals surface area contributed by atoms with Gasteiger partial charge in [-0.05, 0) is 114 Å². The van der Waals surface area contributed by atoms with Gasteiger partial charge < -0.3 is 40.9 Å². The highest BCUT2D eigenvalue weighted by molar-refractivity contribution is 5.91. The molecule has 0 saturated carbocycles. The van der Waals surface area contributed by atoms with Crippen LogP contribution in [0.2, 0.25) is 0 Å². The minimum atomic E-state index is -0.598. The quantitative estimate of drug-likeness (QED) is 0.0910. The molecule has 12 nitrogen and oxygen atoms in total. The molecular formula is C52H86N8O4. The van der Waals surface area contributed by atoms with Crippen molar-refractivity contribution in [1.29, 1.82) is 0 Å². The van der Waals surface area contributed by atoms with E-state index in [-0.39, 0.29) is 47.8 Å². The summed E-state index contributed by atoms with van der Waals surface area (Å²) >= 11 is 0. The Morgan fingerprint density at radius 1 is 0.578 bits per heavy atom. The maximum atomic E-state index is 14.3. The number of amides is 4. The van der Waals surface area contributed by atoms with Gasteiger partial charge in [-0.3, -0.25) is 19.2 Å². The first-order valence-corrected chi connectivity index (χ1v) is 24.5. The molecule has 4 rings (SSSR count). The van der Waals surface area contributed by atoms with E-state index < -0.39 is 22.9 Å². The first kappa shape index (κ1) is 52.8. The lowest BCUT2D eigenvalue weighted by Gasteiger charge is -2.37. The number of hydrogen-bond donors (Lipinski definition) is 4. The minimum absolute atomic E-state index is 0.0246. The van der Waals surface area contributed by atoms with Crippen molar-refractivity contribution in [1.82, 2.24) is 40.9 Å². The van der Waals surface area contributed by atoms with Crippen molar-refractivity contribution in [2.75, 3.05) is 66.5 Å². The van der Waals surface area contributed by atoms with Gasteiger partial charge in [0.2, 0.25) is 23.6 Å². The average Bonchev–Trinajstić information content (AvgIpc) is 3.95. The molecule has 12 heteroatoms. The largest absolute Gasteiger partial charge is 0.342 e. The average molecular weight is 887 g/mol. The zero-order valence-corrected chi connectivity index (χ0v) is 41.4. The topological polar surface area (TPSA) is 129 Å². The van der Waals surface area contributed by atoms with Gasteiger partial charge in [0.1, 0.15) is 12.1 Å². The SMILES string of the molecule is CN[C@@H](C)C(=O)N[C@H](C(=O)N1CCC[C@H]1CN(CCCCCCN(CCc1ccccc1)C[C@@H]1CCCN1C(=O)[C@@H](NC(=O)[C@H](C)NC)C(C)(C)C)CCc1ccccc1)C(C)(C)C. The van der Waals surface area contributed by atoms with E-state index in [4.69, 9.17) is 0 Å². The molecule has 358 valence electrons. The Bertz CT molecular complexity index is 1590.